The highest BCUT2D eigenvalue weighted by Gasteiger charge is 2.55. The van der Waals surface area contributed by atoms with Crippen LogP contribution in [0.1, 0.15) is 12.5 Å². The maximum absolute atomic E-state index is 12.9. The molecule has 0 saturated carbocycles. The summed E-state index contributed by atoms with van der Waals surface area (Å²) in [7, 11) is 0. The number of nitro groups is 1. The number of benzene rings is 2. The number of para-hydroxylation sites is 1. The number of amides is 2. The van der Waals surface area contributed by atoms with Gasteiger partial charge in [0.05, 0.1) is 4.92 Å². The van der Waals surface area contributed by atoms with Gasteiger partial charge in [-0.15, -0.1) is 11.8 Å². The topological polar surface area (TPSA) is 139 Å². The lowest BCUT2D eigenvalue weighted by molar-refractivity contribution is -0.384. The van der Waals surface area contributed by atoms with Crippen LogP contribution >= 0.6 is 11.8 Å². The molecule has 2 aromatic rings. The zero-order valence-electron chi connectivity index (χ0n) is 19.2. The number of carbonyl (C=O) groups is 3. The lowest BCUT2D eigenvalue weighted by Gasteiger charge is -2.51. The quantitative estimate of drug-likeness (QED) is 0.299. The predicted molar refractivity (Wildman–Crippen MR) is 132 cm³/mol. The third-order valence-electron chi connectivity index (χ3n) is 5.75. The van der Waals surface area contributed by atoms with Crippen molar-refractivity contribution in [3.63, 3.8) is 0 Å². The molecular formula is C25H23N3O7S. The molecule has 2 amide bonds. The van der Waals surface area contributed by atoms with Gasteiger partial charge in [0, 0.05) is 17.4 Å². The lowest BCUT2D eigenvalue weighted by Crippen LogP contribution is -2.71. The monoisotopic (exact) mass is 509 g/mol. The Hall–Kier alpha value is -4.12. The number of non-ortho nitro benzene ring substituents is 1. The number of rotatable bonds is 9. The number of nitrogens with one attached hydrogen (secondary N) is 1. The van der Waals surface area contributed by atoms with Gasteiger partial charge in [-0.2, -0.15) is 0 Å². The second kappa shape index (κ2) is 10.6. The van der Waals surface area contributed by atoms with Gasteiger partial charge >= 0.3 is 5.97 Å². The highest BCUT2D eigenvalue weighted by molar-refractivity contribution is 8.00. The highest BCUT2D eigenvalue weighted by atomic mass is 32.2. The van der Waals surface area contributed by atoms with Crippen LogP contribution in [0.15, 0.2) is 78.0 Å². The van der Waals surface area contributed by atoms with Crippen LogP contribution in [0.25, 0.3) is 0 Å². The van der Waals surface area contributed by atoms with Crippen molar-refractivity contribution >= 4 is 35.2 Å². The van der Waals surface area contributed by atoms with Crippen molar-refractivity contribution < 1.29 is 29.2 Å². The van der Waals surface area contributed by atoms with Gasteiger partial charge in [-0.1, -0.05) is 42.5 Å². The van der Waals surface area contributed by atoms with E-state index in [0.29, 0.717) is 17.7 Å². The minimum atomic E-state index is -1.24. The average Bonchev–Trinajstić information content (AvgIpc) is 2.87. The van der Waals surface area contributed by atoms with E-state index in [-0.39, 0.29) is 23.2 Å². The zero-order chi connectivity index (χ0) is 25.8. The molecule has 0 aromatic heterocycles. The Bertz CT molecular complexity index is 1240. The number of carboxylic acid groups (broad SMARTS) is 1. The van der Waals surface area contributed by atoms with Gasteiger partial charge in [0.1, 0.15) is 22.9 Å². The van der Waals surface area contributed by atoms with Crippen LogP contribution in [0.4, 0.5) is 5.69 Å². The average molecular weight is 510 g/mol. The first-order valence-corrected chi connectivity index (χ1v) is 12.0. The molecule has 3 atom stereocenters. The van der Waals surface area contributed by atoms with E-state index in [1.165, 1.54) is 28.8 Å². The molecule has 2 aromatic carbocycles. The van der Waals surface area contributed by atoms with Crippen LogP contribution in [0.3, 0.4) is 0 Å². The minimum Gasteiger partial charge on any atom is -0.484 e. The van der Waals surface area contributed by atoms with E-state index in [1.807, 2.05) is 6.07 Å². The van der Waals surface area contributed by atoms with E-state index in [2.05, 4.69) is 5.32 Å². The number of hydrogen-bond donors (Lipinski definition) is 2. The maximum atomic E-state index is 12.9. The molecule has 1 fully saturated rings. The molecule has 2 N–H and O–H groups in total. The van der Waals surface area contributed by atoms with Crippen molar-refractivity contribution in [2.45, 2.75) is 30.0 Å². The molecule has 186 valence electrons. The zero-order valence-corrected chi connectivity index (χ0v) is 20.0. The predicted octanol–water partition coefficient (Wildman–Crippen LogP) is 2.90. The number of ether oxygens (including phenoxy) is 1. The van der Waals surface area contributed by atoms with E-state index in [0.717, 1.165) is 5.56 Å². The molecule has 4 rings (SSSR count). The van der Waals surface area contributed by atoms with Crippen molar-refractivity contribution in [3.05, 3.63) is 93.7 Å². The molecule has 2 heterocycles. The summed E-state index contributed by atoms with van der Waals surface area (Å²) in [6, 6.07) is 13.9. The molecule has 0 radical (unpaired) electrons. The maximum Gasteiger partial charge on any atom is 0.352 e. The summed E-state index contributed by atoms with van der Waals surface area (Å²) < 4.78 is 5.44. The third kappa shape index (κ3) is 5.10. The molecule has 0 spiro atoms. The lowest BCUT2D eigenvalue weighted by atomic mass is 9.97. The standard InChI is InChI=1S/C25H23N3O7S/c1-2-6-18-19(13-15-9-11-16(12-10-15)28(33)34)36-24-21(23(30)27(24)22(18)25(31)32)26-20(29)14-35-17-7-4-3-5-8-17/h2-12,19,21,24H,13-14H2,1H3,(H,26,29)(H,31,32)/b6-2-/t19?,21-,24-/m1/s1. The number of nitrogens with zero attached hydrogens (tertiary/aromatic N) is 2. The number of carbonyl (C=O) groups excluding carboxylic acids is 2. The SMILES string of the molecule is C/C=C\C1=C(C(=O)O)N2C(=O)[C@@H](NC(=O)COc3ccccc3)[C@H]2SC1Cc1ccc([N+](=O)[O-])cc1. The minimum absolute atomic E-state index is 0.0400. The third-order valence-corrected chi connectivity index (χ3v) is 7.27. The Morgan fingerprint density at radius 1 is 1.19 bits per heavy atom. The molecule has 0 bridgehead atoms. The van der Waals surface area contributed by atoms with Gasteiger partial charge in [0.25, 0.3) is 17.5 Å². The van der Waals surface area contributed by atoms with Gasteiger partial charge in [-0.05, 0) is 36.6 Å². The van der Waals surface area contributed by atoms with Crippen LogP contribution in [0.5, 0.6) is 5.75 Å². The molecular weight excluding hydrogens is 486 g/mol. The summed E-state index contributed by atoms with van der Waals surface area (Å²) in [5, 5.41) is 22.6. The van der Waals surface area contributed by atoms with Gasteiger partial charge in [-0.25, -0.2) is 4.79 Å². The fourth-order valence-electron chi connectivity index (χ4n) is 4.11. The summed E-state index contributed by atoms with van der Waals surface area (Å²) in [5.74, 6) is -1.73. The number of β-lactam (4-membered cyclic amide) rings is 1. The summed E-state index contributed by atoms with van der Waals surface area (Å²) in [6.45, 7) is 1.46. The van der Waals surface area contributed by atoms with E-state index >= 15 is 0 Å². The first-order valence-electron chi connectivity index (χ1n) is 11.1. The fraction of sp³-hybridized carbons (Fsp3) is 0.240. The van der Waals surface area contributed by atoms with Crippen LogP contribution < -0.4 is 10.1 Å². The Morgan fingerprint density at radius 2 is 1.89 bits per heavy atom. The van der Waals surface area contributed by atoms with Gasteiger partial charge in [0.2, 0.25) is 0 Å². The Kier molecular flexibility index (Phi) is 7.39. The van der Waals surface area contributed by atoms with Crippen LogP contribution in [-0.2, 0) is 20.8 Å². The normalized spacial score (nSPS) is 21.1. The van der Waals surface area contributed by atoms with Crippen molar-refractivity contribution in [1.82, 2.24) is 10.2 Å². The Labute approximate surface area is 210 Å². The molecule has 36 heavy (non-hydrogen) atoms. The number of carboxylic acids is 1. The van der Waals surface area contributed by atoms with E-state index in [1.54, 1.807) is 55.5 Å². The summed E-state index contributed by atoms with van der Waals surface area (Å²) >= 11 is 1.37. The highest BCUT2D eigenvalue weighted by Crippen LogP contribution is 2.45. The number of nitro benzene ring substituents is 1. The number of allylic oxidation sites excluding steroid dienone is 2. The van der Waals surface area contributed by atoms with Gasteiger partial charge in [-0.3, -0.25) is 24.6 Å². The molecule has 2 aliphatic heterocycles. The first kappa shape index (κ1) is 25.0. The van der Waals surface area contributed by atoms with Crippen LogP contribution in [0, 0.1) is 10.1 Å². The van der Waals surface area contributed by atoms with Crippen molar-refractivity contribution in [1.29, 1.82) is 0 Å². The van der Waals surface area contributed by atoms with Crippen molar-refractivity contribution in [3.8, 4) is 5.75 Å². The van der Waals surface area contributed by atoms with E-state index in [4.69, 9.17) is 4.74 Å². The van der Waals surface area contributed by atoms with Gasteiger partial charge < -0.3 is 15.2 Å². The number of aliphatic carboxylic acids is 1. The smallest absolute Gasteiger partial charge is 0.352 e. The Balaban J connectivity index is 1.53. The second-order valence-electron chi connectivity index (χ2n) is 8.11. The summed E-state index contributed by atoms with van der Waals surface area (Å²) in [5.41, 5.74) is 1.08. The summed E-state index contributed by atoms with van der Waals surface area (Å²) in [4.78, 5) is 49.3. The van der Waals surface area contributed by atoms with Crippen molar-refractivity contribution in [2.75, 3.05) is 6.61 Å². The van der Waals surface area contributed by atoms with Crippen LogP contribution in [0.2, 0.25) is 0 Å². The van der Waals surface area contributed by atoms with Crippen LogP contribution in [-0.4, -0.2) is 56.0 Å². The van der Waals surface area contributed by atoms with Crippen molar-refractivity contribution in [2.24, 2.45) is 0 Å². The molecule has 0 aliphatic carbocycles. The van der Waals surface area contributed by atoms with E-state index in [9.17, 15) is 29.6 Å². The molecule has 2 aliphatic rings. The number of hydrogen-bond acceptors (Lipinski definition) is 7. The number of fused-ring (bicyclic) bond motifs is 1. The molecule has 1 unspecified atom stereocenters. The summed E-state index contributed by atoms with van der Waals surface area (Å²) in [6.07, 6.45) is 3.75. The Morgan fingerprint density at radius 3 is 2.50 bits per heavy atom. The fourth-order valence-corrected chi connectivity index (χ4v) is 5.74. The first-order chi connectivity index (χ1) is 17.3. The van der Waals surface area contributed by atoms with E-state index < -0.39 is 34.1 Å². The largest absolute Gasteiger partial charge is 0.484 e. The molecule has 1 saturated heterocycles. The molecule has 10 nitrogen and oxygen atoms in total. The second-order valence-corrected chi connectivity index (χ2v) is 9.43. The number of thioether (sulfide) groups is 1. The molecule has 11 heteroatoms. The van der Waals surface area contributed by atoms with Gasteiger partial charge in [0.15, 0.2) is 6.61 Å².